The number of anilines is 1. The van der Waals surface area contributed by atoms with Crippen molar-refractivity contribution in [3.05, 3.63) is 52.8 Å². The van der Waals surface area contributed by atoms with Crippen LogP contribution in [0.4, 0.5) is 5.82 Å². The third-order valence-electron chi connectivity index (χ3n) is 7.04. The summed E-state index contributed by atoms with van der Waals surface area (Å²) in [6.07, 6.45) is 6.26. The number of amides is 1. The number of aromatic nitrogens is 3. The zero-order valence-corrected chi connectivity index (χ0v) is 20.0. The minimum Gasteiger partial charge on any atom is -0.496 e. The van der Waals surface area contributed by atoms with Crippen LogP contribution in [0.2, 0.25) is 0 Å². The number of carbonyl (C=O) groups is 1. The van der Waals surface area contributed by atoms with Gasteiger partial charge in [-0.25, -0.2) is 9.50 Å². The number of nitrogens with zero attached hydrogens (tertiary/aromatic N) is 5. The largest absolute Gasteiger partial charge is 0.496 e. The highest BCUT2D eigenvalue weighted by Crippen LogP contribution is 2.34. The van der Waals surface area contributed by atoms with E-state index in [1.54, 1.807) is 7.11 Å². The van der Waals surface area contributed by atoms with Gasteiger partial charge in [-0.3, -0.25) is 4.79 Å². The van der Waals surface area contributed by atoms with Gasteiger partial charge < -0.3 is 14.5 Å². The average molecular weight is 448 g/mol. The smallest absolute Gasteiger partial charge is 0.258 e. The monoisotopic (exact) mass is 447 g/mol. The van der Waals surface area contributed by atoms with Crippen LogP contribution < -0.4 is 9.64 Å². The summed E-state index contributed by atoms with van der Waals surface area (Å²) in [5.41, 5.74) is 4.57. The summed E-state index contributed by atoms with van der Waals surface area (Å²) in [7, 11) is 1.62. The second-order valence-electron chi connectivity index (χ2n) is 9.67. The van der Waals surface area contributed by atoms with Gasteiger partial charge in [0, 0.05) is 37.5 Å². The SMILES string of the molecule is COc1cc(C)ccc1C(=O)N1CCCC[C@H]1c1cc2nc(N3CC[C@H](C)C3)c(C)cn2n1. The number of benzene rings is 1. The van der Waals surface area contributed by atoms with E-state index in [1.165, 1.54) is 6.42 Å². The van der Waals surface area contributed by atoms with E-state index >= 15 is 0 Å². The summed E-state index contributed by atoms with van der Waals surface area (Å²) >= 11 is 0. The molecule has 2 saturated heterocycles. The van der Waals surface area contributed by atoms with E-state index < -0.39 is 0 Å². The van der Waals surface area contributed by atoms with Crippen molar-refractivity contribution in [2.75, 3.05) is 31.6 Å². The molecule has 2 fully saturated rings. The first-order valence-corrected chi connectivity index (χ1v) is 12.0. The van der Waals surface area contributed by atoms with Gasteiger partial charge in [0.15, 0.2) is 5.65 Å². The standard InChI is InChI=1S/C26H33N5O2/c1-17-8-9-20(23(13-17)33-4)26(32)30-11-6-5-7-22(30)21-14-24-27-25(19(3)16-31(24)28-21)29-12-10-18(2)15-29/h8-9,13-14,16,18,22H,5-7,10-12,15H2,1-4H3/t18-,22-/m0/s1. The summed E-state index contributed by atoms with van der Waals surface area (Å²) in [5.74, 6) is 2.38. The van der Waals surface area contributed by atoms with Crippen LogP contribution in [0.3, 0.4) is 0 Å². The highest BCUT2D eigenvalue weighted by molar-refractivity contribution is 5.97. The van der Waals surface area contributed by atoms with Crippen molar-refractivity contribution >= 4 is 17.4 Å². The minimum absolute atomic E-state index is 0.00416. The molecule has 0 unspecified atom stereocenters. The molecule has 0 aliphatic carbocycles. The first kappa shape index (κ1) is 21.7. The zero-order chi connectivity index (χ0) is 23.1. The highest BCUT2D eigenvalue weighted by atomic mass is 16.5. The molecule has 2 aromatic heterocycles. The Morgan fingerprint density at radius 1 is 1.12 bits per heavy atom. The van der Waals surface area contributed by atoms with Crippen molar-refractivity contribution < 1.29 is 9.53 Å². The Morgan fingerprint density at radius 3 is 2.73 bits per heavy atom. The van der Waals surface area contributed by atoms with Crippen molar-refractivity contribution in [2.45, 2.75) is 52.5 Å². The van der Waals surface area contributed by atoms with Crippen molar-refractivity contribution in [1.29, 1.82) is 0 Å². The number of aryl methyl sites for hydroxylation is 2. The van der Waals surface area contributed by atoms with Crippen molar-refractivity contribution in [3.8, 4) is 5.75 Å². The lowest BCUT2D eigenvalue weighted by Gasteiger charge is -2.35. The molecule has 0 N–H and O–H groups in total. The third kappa shape index (κ3) is 4.05. The molecule has 4 heterocycles. The Hall–Kier alpha value is -3.09. The van der Waals surface area contributed by atoms with Gasteiger partial charge in [-0.15, -0.1) is 0 Å². The lowest BCUT2D eigenvalue weighted by atomic mass is 9.97. The minimum atomic E-state index is -0.0606. The average Bonchev–Trinajstić information content (AvgIpc) is 3.43. The van der Waals surface area contributed by atoms with E-state index in [0.29, 0.717) is 17.2 Å². The van der Waals surface area contributed by atoms with E-state index in [0.717, 1.165) is 67.2 Å². The topological polar surface area (TPSA) is 63.0 Å². The normalized spacial score (nSPS) is 21.1. The lowest BCUT2D eigenvalue weighted by Crippen LogP contribution is -2.38. The Balaban J connectivity index is 1.48. The third-order valence-corrected chi connectivity index (χ3v) is 7.04. The summed E-state index contributed by atoms with van der Waals surface area (Å²) in [5, 5.41) is 4.87. The first-order chi connectivity index (χ1) is 15.9. The lowest BCUT2D eigenvalue weighted by molar-refractivity contribution is 0.0602. The van der Waals surface area contributed by atoms with Crippen LogP contribution in [0.25, 0.3) is 5.65 Å². The van der Waals surface area contributed by atoms with Crippen LogP contribution in [0.1, 0.15) is 65.8 Å². The molecule has 174 valence electrons. The molecule has 1 amide bonds. The fourth-order valence-electron chi connectivity index (χ4n) is 5.24. The fraction of sp³-hybridized carbons (Fsp3) is 0.500. The number of carbonyl (C=O) groups excluding carboxylic acids is 1. The van der Waals surface area contributed by atoms with Crippen LogP contribution in [0.15, 0.2) is 30.5 Å². The van der Waals surface area contributed by atoms with Gasteiger partial charge in [0.05, 0.1) is 24.4 Å². The summed E-state index contributed by atoms with van der Waals surface area (Å²) in [6, 6.07) is 7.76. The molecule has 2 atom stereocenters. The van der Waals surface area contributed by atoms with E-state index in [2.05, 4.69) is 31.0 Å². The fourth-order valence-corrected chi connectivity index (χ4v) is 5.24. The Bertz CT molecular complexity index is 1190. The van der Waals surface area contributed by atoms with Crippen LogP contribution in [-0.2, 0) is 0 Å². The number of hydrogen-bond acceptors (Lipinski definition) is 5. The summed E-state index contributed by atoms with van der Waals surface area (Å²) in [4.78, 5) is 22.9. The first-order valence-electron chi connectivity index (χ1n) is 12.0. The Morgan fingerprint density at radius 2 is 1.97 bits per heavy atom. The molecule has 1 aromatic carbocycles. The predicted octanol–water partition coefficient (Wildman–Crippen LogP) is 4.57. The molecular weight excluding hydrogens is 414 g/mol. The molecule has 7 nitrogen and oxygen atoms in total. The highest BCUT2D eigenvalue weighted by Gasteiger charge is 2.32. The maximum Gasteiger partial charge on any atom is 0.258 e. The van der Waals surface area contributed by atoms with E-state index in [4.69, 9.17) is 14.8 Å². The van der Waals surface area contributed by atoms with Gasteiger partial charge in [-0.05, 0) is 63.1 Å². The number of methoxy groups -OCH3 is 1. The van der Waals surface area contributed by atoms with Crippen LogP contribution >= 0.6 is 0 Å². The molecule has 2 aliphatic rings. The number of likely N-dealkylation sites (tertiary alicyclic amines) is 1. The maximum absolute atomic E-state index is 13.6. The molecule has 0 radical (unpaired) electrons. The van der Waals surface area contributed by atoms with E-state index in [1.807, 2.05) is 34.5 Å². The second-order valence-corrected chi connectivity index (χ2v) is 9.67. The van der Waals surface area contributed by atoms with E-state index in [-0.39, 0.29) is 11.9 Å². The summed E-state index contributed by atoms with van der Waals surface area (Å²) < 4.78 is 7.40. The summed E-state index contributed by atoms with van der Waals surface area (Å²) in [6.45, 7) is 9.22. The van der Waals surface area contributed by atoms with Gasteiger partial charge in [-0.2, -0.15) is 5.10 Å². The number of piperidine rings is 1. The van der Waals surface area contributed by atoms with Gasteiger partial charge >= 0.3 is 0 Å². The maximum atomic E-state index is 13.6. The van der Waals surface area contributed by atoms with Gasteiger partial charge in [-0.1, -0.05) is 13.0 Å². The van der Waals surface area contributed by atoms with Crippen LogP contribution in [-0.4, -0.2) is 52.1 Å². The number of ether oxygens (including phenoxy) is 1. The molecule has 2 aliphatic heterocycles. The number of hydrogen-bond donors (Lipinski definition) is 0. The molecule has 0 spiro atoms. The molecule has 0 bridgehead atoms. The van der Waals surface area contributed by atoms with Crippen molar-refractivity contribution in [1.82, 2.24) is 19.5 Å². The molecule has 7 heteroatoms. The van der Waals surface area contributed by atoms with E-state index in [9.17, 15) is 4.79 Å². The second kappa shape index (κ2) is 8.69. The predicted molar refractivity (Wildman–Crippen MR) is 129 cm³/mol. The molecule has 0 saturated carbocycles. The molecule has 33 heavy (non-hydrogen) atoms. The Labute approximate surface area is 195 Å². The van der Waals surface area contributed by atoms with Crippen molar-refractivity contribution in [3.63, 3.8) is 0 Å². The van der Waals surface area contributed by atoms with Crippen LogP contribution in [0.5, 0.6) is 5.75 Å². The zero-order valence-electron chi connectivity index (χ0n) is 20.0. The molecule has 3 aromatic rings. The quantitative estimate of drug-likeness (QED) is 0.586. The number of fused-ring (bicyclic) bond motifs is 1. The van der Waals surface area contributed by atoms with Gasteiger partial charge in [0.2, 0.25) is 0 Å². The molecule has 5 rings (SSSR count). The van der Waals surface area contributed by atoms with Crippen molar-refractivity contribution in [2.24, 2.45) is 5.92 Å². The molecular formula is C26H33N5O2. The van der Waals surface area contributed by atoms with Crippen LogP contribution in [0, 0.1) is 19.8 Å². The number of rotatable bonds is 4. The van der Waals surface area contributed by atoms with Gasteiger partial charge in [0.1, 0.15) is 11.6 Å². The van der Waals surface area contributed by atoms with Gasteiger partial charge in [0.25, 0.3) is 5.91 Å². The Kier molecular flexibility index (Phi) is 5.72.